The third-order valence-electron chi connectivity index (χ3n) is 6.57. The topological polar surface area (TPSA) is 83.1 Å². The molecule has 1 aliphatic rings. The molecule has 0 saturated carbocycles. The number of fused-ring (bicyclic) bond motifs is 1. The minimum atomic E-state index is -0.645. The lowest BCUT2D eigenvalue weighted by molar-refractivity contribution is 0.0666. The first-order valence-corrected chi connectivity index (χ1v) is 13.0. The number of hydrogen-bond donors (Lipinski definition) is 3. The van der Waals surface area contributed by atoms with E-state index in [9.17, 15) is 9.90 Å². The van der Waals surface area contributed by atoms with Gasteiger partial charge >= 0.3 is 0 Å². The van der Waals surface area contributed by atoms with E-state index >= 15 is 0 Å². The van der Waals surface area contributed by atoms with E-state index in [2.05, 4.69) is 10.6 Å². The first-order chi connectivity index (χ1) is 18.9. The summed E-state index contributed by atoms with van der Waals surface area (Å²) in [6.07, 6.45) is -1.08. The first-order valence-electron chi connectivity index (χ1n) is 12.7. The average Bonchev–Trinajstić information content (AvgIpc) is 2.94. The smallest absolute Gasteiger partial charge is 0.258 e. The molecule has 4 aromatic rings. The predicted molar refractivity (Wildman–Crippen MR) is 153 cm³/mol. The van der Waals surface area contributed by atoms with Crippen molar-refractivity contribution in [2.75, 3.05) is 17.7 Å². The molecule has 3 N–H and O–H groups in total. The lowest BCUT2D eigenvalue weighted by atomic mass is 10.0. The van der Waals surface area contributed by atoms with E-state index in [-0.39, 0.29) is 12.5 Å². The minimum absolute atomic E-state index is 0.0752. The average molecular weight is 544 g/mol. The Morgan fingerprint density at radius 2 is 1.74 bits per heavy atom. The van der Waals surface area contributed by atoms with Crippen molar-refractivity contribution in [1.29, 1.82) is 0 Å². The van der Waals surface area contributed by atoms with Gasteiger partial charge in [0.25, 0.3) is 5.91 Å². The van der Waals surface area contributed by atoms with Crippen molar-refractivity contribution in [2.24, 2.45) is 0 Å². The van der Waals surface area contributed by atoms with Crippen molar-refractivity contribution >= 4 is 28.9 Å². The Morgan fingerprint density at radius 3 is 2.49 bits per heavy atom. The lowest BCUT2D eigenvalue weighted by Crippen LogP contribution is -2.42. The summed E-state index contributed by atoms with van der Waals surface area (Å²) in [6.45, 7) is 2.27. The fourth-order valence-corrected chi connectivity index (χ4v) is 4.86. The molecule has 0 aromatic heterocycles. The number of nitrogens with one attached hydrogen (secondary N) is 2. The summed E-state index contributed by atoms with van der Waals surface area (Å²) in [5.41, 5.74) is 4.79. The van der Waals surface area contributed by atoms with Crippen molar-refractivity contribution in [3.05, 3.63) is 118 Å². The number of aliphatic hydroxyl groups excluding tert-OH is 1. The third-order valence-corrected chi connectivity index (χ3v) is 6.93. The molecule has 1 heterocycles. The summed E-state index contributed by atoms with van der Waals surface area (Å²) in [5, 5.41) is 16.6. The summed E-state index contributed by atoms with van der Waals surface area (Å²) < 4.78 is 11.7. The Balaban J connectivity index is 1.44. The molecule has 1 amide bonds. The highest BCUT2D eigenvalue weighted by Crippen LogP contribution is 2.36. The van der Waals surface area contributed by atoms with Gasteiger partial charge in [-0.3, -0.25) is 4.79 Å². The Labute approximate surface area is 232 Å². The van der Waals surface area contributed by atoms with Crippen LogP contribution in [-0.2, 0) is 13.2 Å². The quantitative estimate of drug-likeness (QED) is 0.211. The van der Waals surface area contributed by atoms with Crippen molar-refractivity contribution in [3.8, 4) is 11.5 Å². The van der Waals surface area contributed by atoms with Crippen LogP contribution in [0.15, 0.2) is 91.0 Å². The van der Waals surface area contributed by atoms with Gasteiger partial charge in [-0.2, -0.15) is 0 Å². The molecule has 5 rings (SSSR count). The maximum Gasteiger partial charge on any atom is 0.258 e. The molecular formula is C31H30ClN3O4. The van der Waals surface area contributed by atoms with Crippen LogP contribution in [0, 0.1) is 0 Å². The second kappa shape index (κ2) is 11.7. The largest absolute Gasteiger partial charge is 0.496 e. The van der Waals surface area contributed by atoms with Gasteiger partial charge < -0.3 is 30.1 Å². The van der Waals surface area contributed by atoms with E-state index in [1.54, 1.807) is 18.9 Å². The van der Waals surface area contributed by atoms with E-state index in [1.165, 1.54) is 0 Å². The molecule has 0 bridgehead atoms. The number of para-hydroxylation sites is 1. The number of halogens is 1. The zero-order valence-corrected chi connectivity index (χ0v) is 22.5. The van der Waals surface area contributed by atoms with Gasteiger partial charge in [-0.25, -0.2) is 0 Å². The van der Waals surface area contributed by atoms with Gasteiger partial charge in [0.2, 0.25) is 0 Å². The second-order valence-corrected chi connectivity index (χ2v) is 9.73. The number of hydrogen-bond acceptors (Lipinski definition) is 6. The molecule has 1 aliphatic heterocycles. The second-order valence-electron chi connectivity index (χ2n) is 9.32. The normalized spacial score (nSPS) is 15.2. The van der Waals surface area contributed by atoms with Crippen LogP contribution in [0.2, 0.25) is 5.02 Å². The van der Waals surface area contributed by atoms with Gasteiger partial charge in [-0.1, -0.05) is 48.0 Å². The number of carbonyl (C=O) groups excluding carboxylic acids is 1. The van der Waals surface area contributed by atoms with Crippen LogP contribution < -0.4 is 20.1 Å². The van der Waals surface area contributed by atoms with Gasteiger partial charge in [0.15, 0.2) is 0 Å². The molecule has 8 heteroatoms. The van der Waals surface area contributed by atoms with Crippen LogP contribution in [0.25, 0.3) is 0 Å². The van der Waals surface area contributed by atoms with Crippen molar-refractivity contribution in [1.82, 2.24) is 4.90 Å². The van der Waals surface area contributed by atoms with Crippen LogP contribution in [0.4, 0.5) is 11.4 Å². The summed E-state index contributed by atoms with van der Waals surface area (Å²) in [7, 11) is 1.62. The van der Waals surface area contributed by atoms with Crippen LogP contribution in [0.1, 0.15) is 40.1 Å². The van der Waals surface area contributed by atoms with E-state index in [0.29, 0.717) is 28.6 Å². The number of amides is 1. The molecule has 0 spiro atoms. The zero-order chi connectivity index (χ0) is 27.4. The first kappa shape index (κ1) is 26.4. The Kier molecular flexibility index (Phi) is 7.91. The third kappa shape index (κ3) is 5.95. The summed E-state index contributed by atoms with van der Waals surface area (Å²) in [4.78, 5) is 15.5. The Bertz CT molecular complexity index is 1460. The maximum absolute atomic E-state index is 13.7. The molecule has 2 atom stereocenters. The number of aliphatic hydroxyl groups is 1. The van der Waals surface area contributed by atoms with Gasteiger partial charge in [0.1, 0.15) is 30.5 Å². The minimum Gasteiger partial charge on any atom is -0.496 e. The number of benzene rings is 4. The van der Waals surface area contributed by atoms with E-state index in [0.717, 1.165) is 28.1 Å². The van der Waals surface area contributed by atoms with E-state index < -0.39 is 12.4 Å². The van der Waals surface area contributed by atoms with E-state index in [1.807, 2.05) is 91.0 Å². The molecule has 200 valence electrons. The fourth-order valence-electron chi connectivity index (χ4n) is 4.66. The highest BCUT2D eigenvalue weighted by atomic mass is 35.5. The molecule has 4 aromatic carbocycles. The lowest BCUT2D eigenvalue weighted by Gasteiger charge is -2.38. The molecule has 7 nitrogen and oxygen atoms in total. The number of anilines is 2. The van der Waals surface area contributed by atoms with Crippen LogP contribution in [0.3, 0.4) is 0 Å². The number of carbonyl (C=O) groups is 1. The Morgan fingerprint density at radius 1 is 1.00 bits per heavy atom. The highest BCUT2D eigenvalue weighted by Gasteiger charge is 2.33. The molecule has 0 fully saturated rings. The maximum atomic E-state index is 13.7. The molecule has 0 aliphatic carbocycles. The molecular weight excluding hydrogens is 514 g/mol. The van der Waals surface area contributed by atoms with E-state index in [4.69, 9.17) is 21.1 Å². The molecule has 0 saturated heterocycles. The number of methoxy groups -OCH3 is 1. The van der Waals surface area contributed by atoms with Crippen LogP contribution >= 0.6 is 11.6 Å². The van der Waals surface area contributed by atoms with Gasteiger partial charge in [-0.05, 0) is 72.6 Å². The number of rotatable bonds is 9. The van der Waals surface area contributed by atoms with Crippen molar-refractivity contribution in [3.63, 3.8) is 0 Å². The summed E-state index contributed by atoms with van der Waals surface area (Å²) in [5.74, 6) is 1.29. The highest BCUT2D eigenvalue weighted by molar-refractivity contribution is 6.31. The summed E-state index contributed by atoms with van der Waals surface area (Å²) in [6, 6.07) is 28.3. The SMILES string of the molecule is COc1ccc(C2Nc3ccccc3C(=O)N2Cc2ccccc2Cl)cc1COc1ccc(NC(C)O)cc1. The Hall–Kier alpha value is -4.20. The van der Waals surface area contributed by atoms with Gasteiger partial charge in [0, 0.05) is 28.5 Å². The molecule has 0 radical (unpaired) electrons. The van der Waals surface area contributed by atoms with Crippen LogP contribution in [0.5, 0.6) is 11.5 Å². The summed E-state index contributed by atoms with van der Waals surface area (Å²) >= 11 is 6.48. The van der Waals surface area contributed by atoms with Gasteiger partial charge in [-0.15, -0.1) is 0 Å². The molecule has 2 unspecified atom stereocenters. The standard InChI is InChI=1S/C31H30ClN3O4/c1-20(36)33-24-12-14-25(15-13-24)39-19-23-17-21(11-16-29(23)38-2)30-34-28-10-6-4-8-26(28)31(37)35(30)18-22-7-3-5-9-27(22)32/h3-17,20,30,33-34,36H,18-19H2,1-2H3. The van der Waals surface area contributed by atoms with Gasteiger partial charge in [0.05, 0.1) is 12.7 Å². The van der Waals surface area contributed by atoms with Crippen molar-refractivity contribution in [2.45, 2.75) is 32.5 Å². The fraction of sp³-hybridized carbons (Fsp3) is 0.194. The molecule has 39 heavy (non-hydrogen) atoms. The predicted octanol–water partition coefficient (Wildman–Crippen LogP) is 6.44. The van der Waals surface area contributed by atoms with Crippen LogP contribution in [-0.4, -0.2) is 29.3 Å². The monoisotopic (exact) mass is 543 g/mol. The number of nitrogens with zero attached hydrogens (tertiary/aromatic N) is 1. The number of ether oxygens (including phenoxy) is 2. The zero-order valence-electron chi connectivity index (χ0n) is 21.7. The van der Waals surface area contributed by atoms with Crippen molar-refractivity contribution < 1.29 is 19.4 Å².